The average molecular weight is 1820 g/mol. The van der Waals surface area contributed by atoms with Crippen LogP contribution in [0.25, 0.3) is 0 Å². The summed E-state index contributed by atoms with van der Waals surface area (Å²) in [5.41, 5.74) is 1.10. The molecule has 50 heteroatoms. The highest BCUT2D eigenvalue weighted by atomic mass is 32.2. The second-order valence-electron chi connectivity index (χ2n) is 32.2. The number of hydrogen-bond donors (Lipinski definition) is 5. The minimum atomic E-state index is -4.95. The van der Waals surface area contributed by atoms with Crippen LogP contribution in [0.2, 0.25) is 0 Å². The molecular weight excluding hydrogens is 1740 g/mol. The second kappa shape index (κ2) is 32.9. The number of amides is 5. The Morgan fingerprint density at radius 2 is 0.760 bits per heavy atom. The van der Waals surface area contributed by atoms with Gasteiger partial charge in [0.1, 0.15) is 104 Å². The van der Waals surface area contributed by atoms with Gasteiger partial charge in [-0.25, -0.2) is 0 Å². The lowest BCUT2D eigenvalue weighted by Crippen LogP contribution is -2.54. The van der Waals surface area contributed by atoms with Gasteiger partial charge in [-0.05, 0) is 86.0 Å². The van der Waals surface area contributed by atoms with Crippen molar-refractivity contribution < 1.29 is 171 Å². The van der Waals surface area contributed by atoms with E-state index < -0.39 is 281 Å². The number of nitriles is 2. The highest BCUT2D eigenvalue weighted by molar-refractivity contribution is 7.89. The maximum Gasteiger partial charge on any atom is 0.410 e. The van der Waals surface area contributed by atoms with Gasteiger partial charge in [0.15, 0.2) is 14.2 Å². The van der Waals surface area contributed by atoms with E-state index in [1.807, 2.05) is 12.1 Å². The van der Waals surface area contributed by atoms with E-state index in [4.69, 9.17) is 44.6 Å². The number of esters is 6. The molecule has 10 bridgehead atoms. The number of halogens is 6. The lowest BCUT2D eigenvalue weighted by Gasteiger charge is -2.33. The van der Waals surface area contributed by atoms with Crippen molar-refractivity contribution in [1.82, 2.24) is 26.6 Å². The van der Waals surface area contributed by atoms with Gasteiger partial charge in [0.2, 0.25) is 29.5 Å². The van der Waals surface area contributed by atoms with Gasteiger partial charge in [0.05, 0.1) is 31.1 Å². The molecule has 10 saturated carbocycles. The van der Waals surface area contributed by atoms with Crippen LogP contribution in [0.1, 0.15) is 86.0 Å². The van der Waals surface area contributed by atoms with Crippen LogP contribution in [0.3, 0.4) is 0 Å². The predicted octanol–water partition coefficient (Wildman–Crippen LogP) is -0.455. The van der Waals surface area contributed by atoms with E-state index in [-0.39, 0.29) is 96.9 Å². The number of carbonyl (C=O) groups is 11. The molecule has 15 fully saturated rings. The molecule has 0 aromatic rings. The van der Waals surface area contributed by atoms with Gasteiger partial charge in [0.25, 0.3) is 50.6 Å². The van der Waals surface area contributed by atoms with Crippen molar-refractivity contribution in [3.05, 3.63) is 60.8 Å². The summed E-state index contributed by atoms with van der Waals surface area (Å²) in [6, 6.07) is 3.91. The van der Waals surface area contributed by atoms with Crippen LogP contribution in [0.5, 0.6) is 0 Å². The molecule has 15 aliphatic rings. The second-order valence-corrected chi connectivity index (χ2v) is 41.1. The summed E-state index contributed by atoms with van der Waals surface area (Å²) >= 11 is 0. The van der Waals surface area contributed by atoms with E-state index in [2.05, 4.69) is 64.2 Å². The van der Waals surface area contributed by atoms with Crippen LogP contribution in [0, 0.1) is 93.7 Å². The van der Waals surface area contributed by atoms with Crippen molar-refractivity contribution in [3.8, 4) is 12.1 Å². The first-order chi connectivity index (χ1) is 55.9. The number of ether oxygens (including phenoxy) is 6. The molecule has 0 aromatic carbocycles. The topological polar surface area (TPSA) is 568 Å². The van der Waals surface area contributed by atoms with E-state index in [1.165, 1.54) is 34.6 Å². The number of nitrogens with one attached hydrogen (secondary N) is 5. The number of rotatable bonds is 21. The lowest BCUT2D eigenvalue weighted by atomic mass is 9.83. The molecule has 5 heterocycles. The Bertz CT molecular complexity index is 5170. The van der Waals surface area contributed by atoms with Gasteiger partial charge in [-0.2, -0.15) is 79.0 Å². The quantitative estimate of drug-likeness (QED) is 0.0319. The molecule has 10 aliphatic carbocycles. The number of carbonyl (C=O) groups excluding carboxylic acids is 11. The number of fused-ring (bicyclic) bond motifs is 5. The molecular formula is C71H83F6N7O32S5. The molecule has 5 N–H and O–H groups in total. The number of alkyl halides is 6. The summed E-state index contributed by atoms with van der Waals surface area (Å²) in [6.45, 7) is 22.4. The SMILES string of the molecule is C=C(C)C(=O)NCC(=O)OC1C2CC3C1OS(=O)(=O)C3(C#N)C2.C=C(C)C(=O)NCC(=O)OC1C2CC3C1OS(=O)(=O)C3(C(=O)OC)C2.C=C(C)C(=O)NCC(=O)OC1C2CC3C1OS(=O)(=O)C3(C(F)(F)F)C2.C=C(C)C(=O)NCC(=O)OC1C2CC3C1OS(=O)(=O)C3C2C#N.C=C(C)C(=O)NCC(=O)OC1C2CC3C1OS(=O)(=O)C3C2C(F)(F)F. The Morgan fingerprint density at radius 1 is 0.421 bits per heavy atom. The number of nitrogens with zero attached hydrogens (tertiary/aromatic N) is 2. The molecule has 27 atom stereocenters. The molecule has 0 spiro atoms. The van der Waals surface area contributed by atoms with E-state index in [9.17, 15) is 132 Å². The van der Waals surface area contributed by atoms with Crippen molar-refractivity contribution in [3.63, 3.8) is 0 Å². The summed E-state index contributed by atoms with van der Waals surface area (Å²) < 4.78 is 251. The molecule has 0 aromatic heterocycles. The molecule has 666 valence electrons. The first kappa shape index (κ1) is 92.7. The van der Waals surface area contributed by atoms with E-state index in [0.717, 1.165) is 7.11 Å². The molecule has 5 aliphatic heterocycles. The summed E-state index contributed by atoms with van der Waals surface area (Å²) in [6.07, 6.45) is -18.5. The summed E-state index contributed by atoms with van der Waals surface area (Å²) in [7, 11) is -20.0. The average Bonchev–Trinajstić information content (AvgIpc) is 1.52. The van der Waals surface area contributed by atoms with Gasteiger partial charge >= 0.3 is 48.2 Å². The molecule has 0 radical (unpaired) electrons. The standard InChI is InChI=1S/C15H19NO8S.2C14H16F3NO6S.2C14H16N2O6S/c1-7(2)13(18)16-6-10(17)23-11-8-4-9-12(11)24-25(20,21)15(9,5-8)14(19)22-3;1-6(2)12(20)18-5-9(19)23-10-7-3-8-11(10)24-25(21,22)13(8,4-7)14(15,16)17;1-5(2)13(20)18-4-8(19)23-10-6-3-7-11(10)24-25(21,22)12(7)9(6)14(15,16)17;1-7(2)13(18)16-5-10(17)21-11-8-3-9-12(11)22-23(19,20)14(9,4-8)6-15;1-6(2)14(18)16-5-10(17)21-11-7-3-8-12(11)22-23(19,20)13(8)9(7)4-15/h8-9,11-12H,1,4-6H2,2-3H3,(H,16,18);7-8,10-11H,1,3-5H2,2H3,(H,18,20);6-7,9-12H,1,3-4H2,2H3,(H,18,20);8-9,11-12H,1,3-5H2,2H3,(H,16,18);7-9,11-13H,1,3,5H2,2H3,(H,16,18). The third-order valence-corrected chi connectivity index (χ3v) is 34.4. The fourth-order valence-electron chi connectivity index (χ4n) is 19.8. The third-order valence-electron chi connectivity index (χ3n) is 24.8. The third kappa shape index (κ3) is 16.2. The molecule has 5 amide bonds. The Labute approximate surface area is 687 Å². The lowest BCUT2D eigenvalue weighted by molar-refractivity contribution is -0.203. The fourth-order valence-corrected chi connectivity index (χ4v) is 29.8. The summed E-state index contributed by atoms with van der Waals surface area (Å²) in [5, 5.41) is 27.6. The fraction of sp³-hybridized carbons (Fsp3) is 0.676. The van der Waals surface area contributed by atoms with Gasteiger partial charge in [0, 0.05) is 87.0 Å². The van der Waals surface area contributed by atoms with Crippen LogP contribution < -0.4 is 26.6 Å². The zero-order valence-corrected chi connectivity index (χ0v) is 68.9. The van der Waals surface area contributed by atoms with E-state index in [1.54, 1.807) is 0 Å². The minimum Gasteiger partial charge on any atom is -0.468 e. The van der Waals surface area contributed by atoms with Gasteiger partial charge in [-0.15, -0.1) is 0 Å². The molecule has 15 rings (SSSR count). The number of methoxy groups -OCH3 is 1. The largest absolute Gasteiger partial charge is 0.468 e. The maximum atomic E-state index is 13.4. The maximum absolute atomic E-state index is 13.4. The highest BCUT2D eigenvalue weighted by Gasteiger charge is 2.84. The normalized spacial score (nSPS) is 37.9. The Kier molecular flexibility index (Phi) is 25.2. The van der Waals surface area contributed by atoms with E-state index >= 15 is 0 Å². The summed E-state index contributed by atoms with van der Waals surface area (Å²) in [4.78, 5) is 128. The van der Waals surface area contributed by atoms with Crippen molar-refractivity contribution >= 4 is 116 Å². The van der Waals surface area contributed by atoms with E-state index in [0.29, 0.717) is 19.3 Å². The monoisotopic (exact) mass is 1820 g/mol. The minimum absolute atomic E-state index is 0.000749. The van der Waals surface area contributed by atoms with Crippen LogP contribution in [-0.4, -0.2) is 245 Å². The predicted molar refractivity (Wildman–Crippen MR) is 387 cm³/mol. The van der Waals surface area contributed by atoms with Crippen molar-refractivity contribution in [2.24, 2.45) is 71.0 Å². The Morgan fingerprint density at radius 3 is 1.16 bits per heavy atom. The number of hydrogen-bond acceptors (Lipinski definition) is 34. The van der Waals surface area contributed by atoms with Crippen LogP contribution >= 0.6 is 0 Å². The molecule has 27 unspecified atom stereocenters. The molecule has 5 saturated heterocycles. The first-order valence-electron chi connectivity index (χ1n) is 37.3. The first-order valence-corrected chi connectivity index (χ1v) is 44.4. The smallest absolute Gasteiger partial charge is 0.410 e. The molecule has 39 nitrogen and oxygen atoms in total. The van der Waals surface area contributed by atoms with Gasteiger partial charge in [-0.1, -0.05) is 32.9 Å². The highest BCUT2D eigenvalue weighted by Crippen LogP contribution is 2.68. The Balaban J connectivity index is 0.000000148. The van der Waals surface area contributed by atoms with Crippen molar-refractivity contribution in [1.29, 1.82) is 10.5 Å². The van der Waals surface area contributed by atoms with Crippen molar-refractivity contribution in [2.75, 3.05) is 39.8 Å². The van der Waals surface area contributed by atoms with Crippen LogP contribution in [0.15, 0.2) is 60.8 Å². The van der Waals surface area contributed by atoms with Gasteiger partial charge in [-0.3, -0.25) is 73.7 Å². The van der Waals surface area contributed by atoms with Gasteiger partial charge < -0.3 is 55.0 Å². The van der Waals surface area contributed by atoms with Crippen molar-refractivity contribution in [2.45, 2.75) is 184 Å². The van der Waals surface area contributed by atoms with Crippen LogP contribution in [0.4, 0.5) is 26.3 Å². The van der Waals surface area contributed by atoms with Crippen LogP contribution in [-0.2, 0) is 153 Å². The Hall–Kier alpha value is -9.02. The summed E-state index contributed by atoms with van der Waals surface area (Å²) in [5.74, 6) is -16.5. The molecule has 121 heavy (non-hydrogen) atoms. The zero-order valence-electron chi connectivity index (χ0n) is 64.9. The zero-order chi connectivity index (χ0) is 90.0.